The maximum atomic E-state index is 13.2. The molecule has 0 saturated carbocycles. The summed E-state index contributed by atoms with van der Waals surface area (Å²) in [6, 6.07) is 10.2. The fraction of sp³-hybridized carbons (Fsp3) is 0.292. The van der Waals surface area contributed by atoms with Gasteiger partial charge in [0.15, 0.2) is 0 Å². The van der Waals surface area contributed by atoms with Gasteiger partial charge in [0.2, 0.25) is 0 Å². The normalized spacial score (nSPS) is 13.9. The van der Waals surface area contributed by atoms with Crippen LogP contribution >= 0.6 is 11.3 Å². The molecule has 1 fully saturated rings. The number of sulfonamides is 1. The van der Waals surface area contributed by atoms with Gasteiger partial charge < -0.3 is 10.2 Å². The number of nitrogens with zero attached hydrogens (tertiary/aromatic N) is 1. The molecule has 1 amide bonds. The van der Waals surface area contributed by atoms with Crippen molar-refractivity contribution >= 4 is 44.3 Å². The molecule has 168 valence electrons. The van der Waals surface area contributed by atoms with Gasteiger partial charge >= 0.3 is 0 Å². The minimum Gasteiger partial charge on any atom is -0.371 e. The molecule has 8 heteroatoms. The van der Waals surface area contributed by atoms with Gasteiger partial charge in [0.05, 0.1) is 16.1 Å². The monoisotopic (exact) mass is 469 g/mol. The molecule has 1 aromatic heterocycles. The fourth-order valence-corrected chi connectivity index (χ4v) is 6.26. The molecule has 0 spiro atoms. The largest absolute Gasteiger partial charge is 0.371 e. The zero-order chi connectivity index (χ0) is 22.9. The van der Waals surface area contributed by atoms with Crippen molar-refractivity contribution in [3.63, 3.8) is 0 Å². The van der Waals surface area contributed by atoms with Gasteiger partial charge in [-0.25, -0.2) is 8.42 Å². The van der Waals surface area contributed by atoms with E-state index in [1.54, 1.807) is 29.0 Å². The van der Waals surface area contributed by atoms with Crippen LogP contribution < -0.4 is 14.9 Å². The van der Waals surface area contributed by atoms with Crippen LogP contribution in [0.3, 0.4) is 0 Å². The Hall–Kier alpha value is -2.84. The summed E-state index contributed by atoms with van der Waals surface area (Å²) in [5.41, 5.74) is 5.77. The van der Waals surface area contributed by atoms with E-state index in [0.717, 1.165) is 29.9 Å². The van der Waals surface area contributed by atoms with E-state index >= 15 is 0 Å². The number of thiophene rings is 1. The van der Waals surface area contributed by atoms with Crippen molar-refractivity contribution in [3.8, 4) is 0 Å². The molecule has 2 aromatic carbocycles. The lowest BCUT2D eigenvalue weighted by molar-refractivity contribution is 0.102. The number of carbonyl (C=O) groups excluding carboxylic acids is 1. The van der Waals surface area contributed by atoms with Crippen molar-refractivity contribution in [2.45, 2.75) is 38.5 Å². The minimum atomic E-state index is -3.78. The maximum Gasteiger partial charge on any atom is 0.261 e. The smallest absolute Gasteiger partial charge is 0.261 e. The van der Waals surface area contributed by atoms with Crippen molar-refractivity contribution < 1.29 is 13.2 Å². The van der Waals surface area contributed by atoms with Crippen LogP contribution in [0.15, 0.2) is 52.1 Å². The van der Waals surface area contributed by atoms with Crippen LogP contribution in [-0.4, -0.2) is 27.4 Å². The molecule has 1 aliphatic rings. The number of aryl methyl sites for hydroxylation is 2. The zero-order valence-electron chi connectivity index (χ0n) is 18.4. The summed E-state index contributed by atoms with van der Waals surface area (Å²) in [7, 11) is -3.78. The molecular weight excluding hydrogens is 442 g/mol. The molecular formula is C24H27N3O3S2. The van der Waals surface area contributed by atoms with Crippen LogP contribution in [0.1, 0.15) is 39.9 Å². The first-order chi connectivity index (χ1) is 15.3. The fourth-order valence-electron chi connectivity index (χ4n) is 4.33. The summed E-state index contributed by atoms with van der Waals surface area (Å²) in [6.07, 6.45) is 2.35. The molecule has 3 aromatic rings. The number of hydrogen-bond acceptors (Lipinski definition) is 5. The van der Waals surface area contributed by atoms with E-state index in [-0.39, 0.29) is 16.5 Å². The van der Waals surface area contributed by atoms with E-state index in [1.807, 2.05) is 13.8 Å². The number of nitrogens with one attached hydrogen (secondary N) is 2. The molecule has 0 radical (unpaired) electrons. The first-order valence-electron chi connectivity index (χ1n) is 10.6. The lowest BCUT2D eigenvalue weighted by Gasteiger charge is -2.26. The molecule has 0 atom stereocenters. The molecule has 0 bridgehead atoms. The molecule has 4 rings (SSSR count). The van der Waals surface area contributed by atoms with Gasteiger partial charge in [-0.3, -0.25) is 9.52 Å². The SMILES string of the molecule is Cc1cc(C)c(N2CCCC2)c(C)c1NC(=O)c1cscc1NS(=O)(=O)c1ccccc1. The topological polar surface area (TPSA) is 78.5 Å². The van der Waals surface area contributed by atoms with Crippen LogP contribution in [0.4, 0.5) is 17.1 Å². The third-order valence-corrected chi connectivity index (χ3v) is 7.92. The Morgan fingerprint density at radius 1 is 1.00 bits per heavy atom. The highest BCUT2D eigenvalue weighted by atomic mass is 32.2. The van der Waals surface area contributed by atoms with Crippen LogP contribution in [0.25, 0.3) is 0 Å². The van der Waals surface area contributed by atoms with E-state index in [4.69, 9.17) is 0 Å². The molecule has 1 saturated heterocycles. The Balaban J connectivity index is 1.61. The summed E-state index contributed by atoms with van der Waals surface area (Å²) < 4.78 is 28.0. The van der Waals surface area contributed by atoms with Gasteiger partial charge in [0, 0.05) is 35.2 Å². The number of amides is 1. The summed E-state index contributed by atoms with van der Waals surface area (Å²) in [5.74, 6) is -0.334. The highest BCUT2D eigenvalue weighted by Gasteiger charge is 2.23. The van der Waals surface area contributed by atoms with Gasteiger partial charge in [-0.2, -0.15) is 0 Å². The summed E-state index contributed by atoms with van der Waals surface area (Å²) in [6.45, 7) is 8.17. The van der Waals surface area contributed by atoms with E-state index in [1.165, 1.54) is 47.6 Å². The molecule has 32 heavy (non-hydrogen) atoms. The van der Waals surface area contributed by atoms with Crippen molar-refractivity contribution in [1.29, 1.82) is 0 Å². The molecule has 0 unspecified atom stereocenters. The third kappa shape index (κ3) is 4.38. The number of hydrogen-bond donors (Lipinski definition) is 2. The Morgan fingerprint density at radius 2 is 1.69 bits per heavy atom. The predicted octanol–water partition coefficient (Wildman–Crippen LogP) is 5.33. The Bertz CT molecular complexity index is 1240. The van der Waals surface area contributed by atoms with Crippen molar-refractivity contribution in [3.05, 3.63) is 69.4 Å². The van der Waals surface area contributed by atoms with Crippen LogP contribution in [-0.2, 0) is 10.0 Å². The number of carbonyl (C=O) groups is 1. The second kappa shape index (κ2) is 8.96. The minimum absolute atomic E-state index is 0.151. The quantitative estimate of drug-likeness (QED) is 0.512. The Kier molecular flexibility index (Phi) is 6.26. The van der Waals surface area contributed by atoms with E-state index < -0.39 is 10.0 Å². The van der Waals surface area contributed by atoms with Crippen molar-refractivity contribution in [2.24, 2.45) is 0 Å². The molecule has 2 heterocycles. The lowest BCUT2D eigenvalue weighted by Crippen LogP contribution is -2.22. The van der Waals surface area contributed by atoms with E-state index in [2.05, 4.69) is 27.9 Å². The first-order valence-corrected chi connectivity index (χ1v) is 13.0. The second-order valence-electron chi connectivity index (χ2n) is 8.12. The van der Waals surface area contributed by atoms with Crippen LogP contribution in [0.5, 0.6) is 0 Å². The summed E-state index contributed by atoms with van der Waals surface area (Å²) >= 11 is 1.28. The van der Waals surface area contributed by atoms with Crippen LogP contribution in [0.2, 0.25) is 0 Å². The van der Waals surface area contributed by atoms with E-state index in [9.17, 15) is 13.2 Å². The standard InChI is InChI=1S/C24H27N3O3S2/c1-16-13-17(2)23(27-11-7-8-12-27)18(3)22(16)25-24(28)20-14-31-15-21(20)26-32(29,30)19-9-5-4-6-10-19/h4-6,9-10,13-15,26H,7-8,11-12H2,1-3H3,(H,25,28). The van der Waals surface area contributed by atoms with Gasteiger partial charge in [0.25, 0.3) is 15.9 Å². The molecule has 1 aliphatic heterocycles. The number of benzene rings is 2. The van der Waals surface area contributed by atoms with Gasteiger partial charge in [-0.05, 0) is 62.4 Å². The number of anilines is 3. The van der Waals surface area contributed by atoms with Gasteiger partial charge in [-0.15, -0.1) is 11.3 Å². The predicted molar refractivity (Wildman–Crippen MR) is 132 cm³/mol. The van der Waals surface area contributed by atoms with Gasteiger partial charge in [-0.1, -0.05) is 24.3 Å². The Morgan fingerprint density at radius 3 is 2.38 bits per heavy atom. The first kappa shape index (κ1) is 22.4. The highest BCUT2D eigenvalue weighted by Crippen LogP contribution is 2.36. The average Bonchev–Trinajstić information content (AvgIpc) is 3.44. The Labute approximate surface area is 193 Å². The number of rotatable bonds is 6. The zero-order valence-corrected chi connectivity index (χ0v) is 20.1. The second-order valence-corrected chi connectivity index (χ2v) is 10.6. The van der Waals surface area contributed by atoms with Crippen molar-refractivity contribution in [2.75, 3.05) is 28.0 Å². The molecule has 2 N–H and O–H groups in total. The van der Waals surface area contributed by atoms with Gasteiger partial charge in [0.1, 0.15) is 0 Å². The third-order valence-electron chi connectivity index (χ3n) is 5.80. The lowest BCUT2D eigenvalue weighted by atomic mass is 10.0. The summed E-state index contributed by atoms with van der Waals surface area (Å²) in [5, 5.41) is 6.35. The van der Waals surface area contributed by atoms with E-state index in [0.29, 0.717) is 5.56 Å². The molecule has 6 nitrogen and oxygen atoms in total. The average molecular weight is 470 g/mol. The highest BCUT2D eigenvalue weighted by molar-refractivity contribution is 7.92. The summed E-state index contributed by atoms with van der Waals surface area (Å²) in [4.78, 5) is 15.7. The van der Waals surface area contributed by atoms with Crippen LogP contribution in [0, 0.1) is 20.8 Å². The maximum absolute atomic E-state index is 13.2. The molecule has 0 aliphatic carbocycles. The van der Waals surface area contributed by atoms with Crippen molar-refractivity contribution in [1.82, 2.24) is 0 Å².